The Bertz CT molecular complexity index is 8.00. The molecule has 0 aromatic carbocycles. The van der Waals surface area contributed by atoms with Gasteiger partial charge in [0.05, 0.1) is 0 Å². The fourth-order valence-corrected chi connectivity index (χ4v) is 0. The predicted octanol–water partition coefficient (Wildman–Crippen LogP) is -2.75. The van der Waals surface area contributed by atoms with Crippen LogP contribution < -0.4 is 0 Å². The molecule has 0 aliphatic heterocycles. The Balaban J connectivity index is -0.00000000500. The first-order valence-electron chi connectivity index (χ1n) is 0.302. The molecule has 0 fully saturated rings. The largest absolute Gasteiger partial charge is 0.316 e. The Morgan fingerprint density at radius 3 is 1.25 bits per heavy atom. The molecular weight excluding hydrogens is 288 g/mol. The molecule has 0 atom stereocenters. The molecule has 0 rings (SSSR count). The Labute approximate surface area is 90.7 Å². The topological polar surface area (TPSA) is 0 Å². The van der Waals surface area contributed by atoms with E-state index in [1.807, 2.05) is 0 Å². The van der Waals surface area contributed by atoms with Crippen molar-refractivity contribution < 1.29 is 18.8 Å². The fourth-order valence-electron chi connectivity index (χ4n) is 0. The maximum absolute atomic E-state index is 2.42. The van der Waals surface area contributed by atoms with Crippen LogP contribution in [0.2, 0.25) is 0 Å². The summed E-state index contributed by atoms with van der Waals surface area (Å²) in [6, 6.07) is 0. The molecule has 4 heavy (non-hydrogen) atoms. The van der Waals surface area contributed by atoms with Crippen LogP contribution in [0, 0.1) is 0 Å². The Morgan fingerprint density at radius 2 is 1.25 bits per heavy atom. The van der Waals surface area contributed by atoms with Crippen LogP contribution in [0.3, 0.4) is 0 Å². The van der Waals surface area contributed by atoms with Gasteiger partial charge in [0.25, 0.3) is 0 Å². The van der Waals surface area contributed by atoms with Gasteiger partial charge in [-0.3, -0.25) is 0 Å². The zero-order valence-electron chi connectivity index (χ0n) is 1.30. The fraction of sp³-hybridized carbons (Fsp3) is 0. The summed E-state index contributed by atoms with van der Waals surface area (Å²) in [7, 11) is 0. The van der Waals surface area contributed by atoms with Crippen molar-refractivity contribution in [2.75, 3.05) is 0 Å². The molecule has 0 bridgehead atoms. The molecule has 0 amide bonds. The van der Waals surface area contributed by atoms with Crippen LogP contribution in [0.5, 0.6) is 0 Å². The summed E-state index contributed by atoms with van der Waals surface area (Å²) >= 11 is 3.67. The Hall–Kier alpha value is 3.30. The third kappa shape index (κ3) is 9.00. The van der Waals surface area contributed by atoms with Gasteiger partial charge in [-0.25, -0.2) is 0 Å². The standard InChI is InChI=1S/Al.Au.Ca.Mg.6H. The number of hydrogen-bond donors (Lipinski definition) is 0. The second-order valence-corrected chi connectivity index (χ2v) is 0. The molecule has 0 spiro atoms. The molecule has 0 aliphatic carbocycles. The van der Waals surface area contributed by atoms with E-state index in [4.69, 9.17) is 0 Å². The molecule has 0 aromatic heterocycles. The van der Waals surface area contributed by atoms with Crippen LogP contribution in [0.1, 0.15) is 0 Å². The molecule has 0 radical (unpaired) electrons. The average molecular weight is 294 g/mol. The van der Waals surface area contributed by atoms with Crippen molar-refractivity contribution in [1.82, 2.24) is 0 Å². The molecular formula is H6AlAuCaMg. The van der Waals surface area contributed by atoms with E-state index >= 15 is 0 Å². The molecule has 0 nitrogen and oxygen atoms in total. The van der Waals surface area contributed by atoms with Crippen molar-refractivity contribution in [3.63, 3.8) is 0 Å². The molecule has 0 saturated carbocycles. The van der Waals surface area contributed by atoms with E-state index < -0.39 is 0 Å². The van der Waals surface area contributed by atoms with Gasteiger partial charge in [-0.15, -0.1) is 0 Å². The van der Waals surface area contributed by atoms with Gasteiger partial charge in [-0.1, -0.05) is 0 Å². The van der Waals surface area contributed by atoms with Gasteiger partial charge >= 0.3 is 93.0 Å². The zero-order chi connectivity index (χ0) is 2.00. The SMILES string of the molecule is [AlH2][Au].[CaH2].[MgH2]. The summed E-state index contributed by atoms with van der Waals surface area (Å²) in [4.78, 5) is 0. The maximum Gasteiger partial charge on any atom is 0.316 e. The minimum atomic E-state index is 0. The third-order valence-electron chi connectivity index (χ3n) is 0. The Morgan fingerprint density at radius 1 is 1.25 bits per heavy atom. The van der Waals surface area contributed by atoms with Gasteiger partial charge in [0.1, 0.15) is 0 Å². The van der Waals surface area contributed by atoms with E-state index in [1.54, 1.807) is 0 Å². The monoisotopic (exact) mass is 294 g/mol. The molecule has 0 aromatic rings. The van der Waals surface area contributed by atoms with Crippen molar-refractivity contribution in [3.8, 4) is 0 Å². The van der Waals surface area contributed by atoms with E-state index in [0.717, 1.165) is 0 Å². The summed E-state index contributed by atoms with van der Waals surface area (Å²) in [6.07, 6.45) is 0. The van der Waals surface area contributed by atoms with E-state index in [-0.39, 0.29) is 60.8 Å². The van der Waals surface area contributed by atoms with Crippen LogP contribution >= 0.6 is 0 Å². The first-order valence-corrected chi connectivity index (χ1v) is 7.40. The quantitative estimate of drug-likeness (QED) is 0.425. The van der Waals surface area contributed by atoms with Gasteiger partial charge in [0.2, 0.25) is 0 Å². The predicted molar refractivity (Wildman–Crippen MR) is 25.6 cm³/mol. The second-order valence-electron chi connectivity index (χ2n) is 0. The molecule has 0 saturated heterocycles. The van der Waals surface area contributed by atoms with Gasteiger partial charge in [-0.2, -0.15) is 0 Å². The molecule has 4 heteroatoms. The molecule has 0 aliphatic rings. The summed E-state index contributed by atoms with van der Waals surface area (Å²) in [6.45, 7) is 0. The normalized spacial score (nSPS) is 1.50. The minimum absolute atomic E-state index is 0. The first-order chi connectivity index (χ1) is 1.00. The molecule has 0 heterocycles. The van der Waals surface area contributed by atoms with Crippen molar-refractivity contribution in [1.29, 1.82) is 0 Å². The maximum atomic E-state index is 2.42. The summed E-state index contributed by atoms with van der Waals surface area (Å²) in [5, 5.41) is 0. The molecule has 24 valence electrons. The second kappa shape index (κ2) is 16.3. The van der Waals surface area contributed by atoms with Crippen LogP contribution in [-0.2, 0) is 18.8 Å². The van der Waals surface area contributed by atoms with Crippen molar-refractivity contribution >= 4 is 74.1 Å². The van der Waals surface area contributed by atoms with E-state index in [1.165, 1.54) is 13.3 Å². The molecule has 0 N–H and O–H groups in total. The van der Waals surface area contributed by atoms with Gasteiger partial charge < -0.3 is 0 Å². The number of hydrogen-bond acceptors (Lipinski definition) is 0. The van der Waals surface area contributed by atoms with Gasteiger partial charge in [0.15, 0.2) is 0 Å². The van der Waals surface area contributed by atoms with Crippen molar-refractivity contribution in [2.45, 2.75) is 0 Å². The molecule has 0 unspecified atom stereocenters. The third-order valence-corrected chi connectivity index (χ3v) is 0. The van der Waals surface area contributed by atoms with E-state index in [0.29, 0.717) is 0 Å². The van der Waals surface area contributed by atoms with Crippen molar-refractivity contribution in [2.24, 2.45) is 0 Å². The summed E-state index contributed by atoms with van der Waals surface area (Å²) < 4.78 is 0. The van der Waals surface area contributed by atoms with Crippen LogP contribution in [-0.4, -0.2) is 74.1 Å². The minimum Gasteiger partial charge on any atom is 0.316 e. The summed E-state index contributed by atoms with van der Waals surface area (Å²) in [5.41, 5.74) is 0. The summed E-state index contributed by atoms with van der Waals surface area (Å²) in [5.74, 6) is 0. The van der Waals surface area contributed by atoms with Crippen LogP contribution in [0.15, 0.2) is 0 Å². The van der Waals surface area contributed by atoms with Crippen molar-refractivity contribution in [3.05, 3.63) is 0 Å². The average Bonchev–Trinajstić information content (AvgIpc) is 1.00. The van der Waals surface area contributed by atoms with Gasteiger partial charge in [0, 0.05) is 0 Å². The van der Waals surface area contributed by atoms with Gasteiger partial charge in [-0.05, 0) is 0 Å². The van der Waals surface area contributed by atoms with Crippen LogP contribution in [0.25, 0.3) is 0 Å². The smallest absolute Gasteiger partial charge is 0.316 e. The van der Waals surface area contributed by atoms with E-state index in [2.05, 4.69) is 18.8 Å². The zero-order valence-corrected chi connectivity index (χ0v) is 5.47. The Kier molecular flexibility index (Phi) is 63.7. The van der Waals surface area contributed by atoms with E-state index in [9.17, 15) is 0 Å². The first kappa shape index (κ1) is 15.7. The number of rotatable bonds is 0. The van der Waals surface area contributed by atoms with Crippen LogP contribution in [0.4, 0.5) is 0 Å².